The fourth-order valence-corrected chi connectivity index (χ4v) is 5.18. The monoisotopic (exact) mass is 483 g/mol. The molecule has 2 N–H and O–H groups in total. The molecule has 0 saturated carbocycles. The van der Waals surface area contributed by atoms with Gasteiger partial charge in [-0.25, -0.2) is 8.42 Å². The zero-order valence-electron chi connectivity index (χ0n) is 17.8. The van der Waals surface area contributed by atoms with E-state index in [-0.39, 0.29) is 10.8 Å². The Labute approximate surface area is 197 Å². The lowest BCUT2D eigenvalue weighted by Crippen LogP contribution is -2.24. The maximum absolute atomic E-state index is 13.0. The molecule has 7 nitrogen and oxygen atoms in total. The highest BCUT2D eigenvalue weighted by molar-refractivity contribution is 7.92. The van der Waals surface area contributed by atoms with Crippen molar-refractivity contribution >= 4 is 50.5 Å². The molecule has 170 valence electrons. The first kappa shape index (κ1) is 22.8. The van der Waals surface area contributed by atoms with Crippen LogP contribution in [0.5, 0.6) is 0 Å². The second-order valence-corrected chi connectivity index (χ2v) is 9.84. The van der Waals surface area contributed by atoms with Crippen LogP contribution in [0, 0.1) is 6.92 Å². The number of carbonyl (C=O) groups excluding carboxylic acids is 2. The fraction of sp³-hybridized carbons (Fsp3) is 0.167. The van der Waals surface area contributed by atoms with Crippen LogP contribution in [0.15, 0.2) is 71.6 Å². The Balaban J connectivity index is 1.55. The van der Waals surface area contributed by atoms with Crippen LogP contribution < -0.4 is 14.9 Å². The van der Waals surface area contributed by atoms with Crippen LogP contribution in [0.3, 0.4) is 0 Å². The number of nitrogens with one attached hydrogen (secondary N) is 2. The fourth-order valence-electron chi connectivity index (χ4n) is 3.67. The number of hydrogen-bond acceptors (Lipinski definition) is 4. The molecular weight excluding hydrogens is 462 g/mol. The quantitative estimate of drug-likeness (QED) is 0.525. The molecule has 0 atom stereocenters. The second kappa shape index (κ2) is 9.25. The molecule has 1 aliphatic rings. The SMILES string of the molecule is Cc1ccc(NC(=O)c2cccc(N3CCCC3=O)c2)cc1S(=O)(=O)Nc1cccc(Cl)c1. The first-order valence-corrected chi connectivity index (χ1v) is 12.2. The molecule has 0 unspecified atom stereocenters. The molecule has 0 radical (unpaired) electrons. The highest BCUT2D eigenvalue weighted by Gasteiger charge is 2.23. The number of halogens is 1. The van der Waals surface area contributed by atoms with Gasteiger partial charge < -0.3 is 10.2 Å². The number of aryl methyl sites for hydroxylation is 1. The Bertz CT molecular complexity index is 1340. The lowest BCUT2D eigenvalue weighted by Gasteiger charge is -2.16. The highest BCUT2D eigenvalue weighted by Crippen LogP contribution is 2.26. The molecule has 2 amide bonds. The molecule has 33 heavy (non-hydrogen) atoms. The smallest absolute Gasteiger partial charge is 0.262 e. The Hall–Kier alpha value is -3.36. The minimum Gasteiger partial charge on any atom is -0.322 e. The van der Waals surface area contributed by atoms with E-state index in [1.807, 2.05) is 0 Å². The van der Waals surface area contributed by atoms with Gasteiger partial charge in [0.15, 0.2) is 0 Å². The Morgan fingerprint density at radius 1 is 1.00 bits per heavy atom. The normalized spacial score (nSPS) is 13.8. The molecular formula is C24H22ClN3O4S. The average Bonchev–Trinajstić information content (AvgIpc) is 3.20. The van der Waals surface area contributed by atoms with Gasteiger partial charge in [-0.2, -0.15) is 0 Å². The van der Waals surface area contributed by atoms with E-state index in [0.29, 0.717) is 46.2 Å². The van der Waals surface area contributed by atoms with Crippen molar-refractivity contribution in [3.05, 3.63) is 82.9 Å². The molecule has 0 aliphatic carbocycles. The summed E-state index contributed by atoms with van der Waals surface area (Å²) >= 11 is 5.95. The van der Waals surface area contributed by atoms with Gasteiger partial charge in [0.25, 0.3) is 15.9 Å². The van der Waals surface area contributed by atoms with Crippen molar-refractivity contribution in [1.82, 2.24) is 0 Å². The van der Waals surface area contributed by atoms with E-state index in [4.69, 9.17) is 11.6 Å². The van der Waals surface area contributed by atoms with Gasteiger partial charge in [0, 0.05) is 34.9 Å². The maximum Gasteiger partial charge on any atom is 0.262 e. The zero-order chi connectivity index (χ0) is 23.6. The van der Waals surface area contributed by atoms with Crippen LogP contribution in [0.1, 0.15) is 28.8 Å². The number of nitrogens with zero attached hydrogens (tertiary/aromatic N) is 1. The van der Waals surface area contributed by atoms with E-state index in [2.05, 4.69) is 10.0 Å². The van der Waals surface area contributed by atoms with Gasteiger partial charge in [0.1, 0.15) is 0 Å². The summed E-state index contributed by atoms with van der Waals surface area (Å²) in [5.74, 6) is -0.369. The van der Waals surface area contributed by atoms with Gasteiger partial charge in [-0.1, -0.05) is 29.8 Å². The lowest BCUT2D eigenvalue weighted by atomic mass is 10.1. The molecule has 3 aromatic carbocycles. The van der Waals surface area contributed by atoms with Crippen molar-refractivity contribution in [3.63, 3.8) is 0 Å². The van der Waals surface area contributed by atoms with Crippen LogP contribution in [0.4, 0.5) is 17.1 Å². The number of carbonyl (C=O) groups is 2. The summed E-state index contributed by atoms with van der Waals surface area (Å²) in [6.45, 7) is 2.30. The highest BCUT2D eigenvalue weighted by atomic mass is 35.5. The van der Waals surface area contributed by atoms with Crippen LogP contribution in [-0.4, -0.2) is 26.8 Å². The minimum absolute atomic E-state index is 0.0353. The summed E-state index contributed by atoms with van der Waals surface area (Å²) in [5, 5.41) is 3.15. The van der Waals surface area contributed by atoms with Crippen LogP contribution in [0.25, 0.3) is 0 Å². The molecule has 1 aliphatic heterocycles. The van der Waals surface area contributed by atoms with Gasteiger partial charge in [-0.05, 0) is 67.4 Å². The topological polar surface area (TPSA) is 95.6 Å². The van der Waals surface area contributed by atoms with E-state index in [1.54, 1.807) is 66.4 Å². The molecule has 0 spiro atoms. The van der Waals surface area contributed by atoms with E-state index in [9.17, 15) is 18.0 Å². The average molecular weight is 484 g/mol. The number of hydrogen-bond donors (Lipinski definition) is 2. The largest absolute Gasteiger partial charge is 0.322 e. The molecule has 1 heterocycles. The van der Waals surface area contributed by atoms with Crippen LogP contribution >= 0.6 is 11.6 Å². The van der Waals surface area contributed by atoms with Crippen molar-refractivity contribution in [2.75, 3.05) is 21.5 Å². The number of anilines is 3. The Kier molecular flexibility index (Phi) is 6.40. The molecule has 9 heteroatoms. The van der Waals surface area contributed by atoms with E-state index < -0.39 is 15.9 Å². The van der Waals surface area contributed by atoms with E-state index in [1.165, 1.54) is 12.1 Å². The van der Waals surface area contributed by atoms with E-state index in [0.717, 1.165) is 6.42 Å². The molecule has 4 rings (SSSR count). The summed E-state index contributed by atoms with van der Waals surface area (Å²) < 4.78 is 28.4. The third kappa shape index (κ3) is 5.18. The number of amides is 2. The summed E-state index contributed by atoms with van der Waals surface area (Å²) in [7, 11) is -3.91. The third-order valence-electron chi connectivity index (χ3n) is 5.31. The van der Waals surface area contributed by atoms with Crippen molar-refractivity contribution in [1.29, 1.82) is 0 Å². The van der Waals surface area contributed by atoms with E-state index >= 15 is 0 Å². The van der Waals surface area contributed by atoms with Crippen LogP contribution in [0.2, 0.25) is 5.02 Å². The molecule has 3 aromatic rings. The van der Waals surface area contributed by atoms with Gasteiger partial charge >= 0.3 is 0 Å². The maximum atomic E-state index is 13.0. The van der Waals surface area contributed by atoms with Crippen molar-refractivity contribution < 1.29 is 18.0 Å². The Morgan fingerprint density at radius 2 is 1.79 bits per heavy atom. The summed E-state index contributed by atoms with van der Waals surface area (Å²) in [6.07, 6.45) is 1.29. The van der Waals surface area contributed by atoms with Crippen molar-refractivity contribution in [2.24, 2.45) is 0 Å². The predicted molar refractivity (Wildman–Crippen MR) is 129 cm³/mol. The molecule has 0 aromatic heterocycles. The predicted octanol–water partition coefficient (Wildman–Crippen LogP) is 4.83. The Morgan fingerprint density at radius 3 is 2.52 bits per heavy atom. The number of benzene rings is 3. The number of rotatable bonds is 6. The van der Waals surface area contributed by atoms with Gasteiger partial charge in [-0.3, -0.25) is 14.3 Å². The van der Waals surface area contributed by atoms with Crippen molar-refractivity contribution in [3.8, 4) is 0 Å². The summed E-state index contributed by atoms with van der Waals surface area (Å²) in [6, 6.07) is 17.9. The summed E-state index contributed by atoms with van der Waals surface area (Å²) in [5.41, 5.74) is 2.23. The second-order valence-electron chi connectivity index (χ2n) is 7.75. The zero-order valence-corrected chi connectivity index (χ0v) is 19.4. The van der Waals surface area contributed by atoms with Gasteiger partial charge in [0.05, 0.1) is 10.6 Å². The lowest BCUT2D eigenvalue weighted by molar-refractivity contribution is -0.117. The summed E-state index contributed by atoms with van der Waals surface area (Å²) in [4.78, 5) is 26.6. The van der Waals surface area contributed by atoms with Crippen molar-refractivity contribution in [2.45, 2.75) is 24.7 Å². The van der Waals surface area contributed by atoms with Gasteiger partial charge in [-0.15, -0.1) is 0 Å². The first-order valence-electron chi connectivity index (χ1n) is 10.3. The minimum atomic E-state index is -3.91. The van der Waals surface area contributed by atoms with Gasteiger partial charge in [0.2, 0.25) is 5.91 Å². The standard InChI is InChI=1S/C24H22ClN3O4S/c1-16-10-11-19(15-22(16)33(31,32)27-20-7-3-6-18(25)14-20)26-24(30)17-5-2-8-21(13-17)28-12-4-9-23(28)29/h2-3,5-8,10-11,13-15,27H,4,9,12H2,1H3,(H,26,30). The van der Waals surface area contributed by atoms with Crippen LogP contribution in [-0.2, 0) is 14.8 Å². The number of sulfonamides is 1. The molecule has 0 bridgehead atoms. The third-order valence-corrected chi connectivity index (χ3v) is 7.06. The molecule has 1 fully saturated rings. The first-order chi connectivity index (χ1) is 15.7. The molecule has 1 saturated heterocycles.